The first-order valence-corrected chi connectivity index (χ1v) is 6.73. The van der Waals surface area contributed by atoms with Crippen LogP contribution in [0.25, 0.3) is 0 Å². The molecule has 0 unspecified atom stereocenters. The lowest BCUT2D eigenvalue weighted by Gasteiger charge is -2.11. The average molecular weight is 307 g/mol. The van der Waals surface area contributed by atoms with Gasteiger partial charge in [0.2, 0.25) is 0 Å². The van der Waals surface area contributed by atoms with Gasteiger partial charge in [-0.1, -0.05) is 23.7 Å². The van der Waals surface area contributed by atoms with E-state index in [0.717, 1.165) is 11.3 Å². The number of hydrogen-bond acceptors (Lipinski definition) is 5. The Morgan fingerprint density at radius 3 is 2.95 bits per heavy atom. The molecule has 0 atom stereocenters. The predicted molar refractivity (Wildman–Crippen MR) is 83.3 cm³/mol. The van der Waals surface area contributed by atoms with Gasteiger partial charge in [-0.3, -0.25) is 10.2 Å². The predicted octanol–water partition coefficient (Wildman–Crippen LogP) is 2.66. The first-order valence-electron chi connectivity index (χ1n) is 6.36. The molecule has 1 heterocycles. The zero-order valence-corrected chi connectivity index (χ0v) is 12.4. The number of rotatable bonds is 5. The third-order valence-electron chi connectivity index (χ3n) is 2.47. The van der Waals surface area contributed by atoms with Crippen molar-refractivity contribution in [1.82, 2.24) is 10.2 Å². The summed E-state index contributed by atoms with van der Waals surface area (Å²) in [7, 11) is 0. The number of benzene rings is 1. The third-order valence-corrected chi connectivity index (χ3v) is 2.84. The lowest BCUT2D eigenvalue weighted by molar-refractivity contribution is 0.242. The number of halogens is 1. The van der Waals surface area contributed by atoms with Gasteiger partial charge in [-0.2, -0.15) is 10.2 Å². The molecule has 0 bridgehead atoms. The van der Waals surface area contributed by atoms with Gasteiger partial charge < -0.3 is 4.74 Å². The van der Waals surface area contributed by atoms with E-state index in [-0.39, 0.29) is 11.1 Å². The maximum atomic E-state index is 11.3. The molecule has 2 aromatic rings. The normalized spacial score (nSPS) is 11.0. The summed E-state index contributed by atoms with van der Waals surface area (Å²) in [6.07, 6.45) is 3.05. The van der Waals surface area contributed by atoms with E-state index in [4.69, 9.17) is 16.3 Å². The van der Waals surface area contributed by atoms with Crippen LogP contribution in [-0.4, -0.2) is 22.5 Å². The van der Waals surface area contributed by atoms with Crippen molar-refractivity contribution in [3.8, 4) is 5.75 Å². The highest BCUT2D eigenvalue weighted by molar-refractivity contribution is 6.32. The fourth-order valence-corrected chi connectivity index (χ4v) is 1.71. The van der Waals surface area contributed by atoms with Crippen molar-refractivity contribution < 1.29 is 4.74 Å². The number of nitrogens with one attached hydrogen (secondary N) is 2. The molecule has 2 rings (SSSR count). The Kier molecular flexibility index (Phi) is 4.94. The van der Waals surface area contributed by atoms with Gasteiger partial charge in [-0.15, -0.1) is 0 Å². The van der Waals surface area contributed by atoms with E-state index in [0.29, 0.717) is 5.69 Å². The lowest BCUT2D eigenvalue weighted by Crippen LogP contribution is -2.10. The standard InChI is InChI=1S/C14H15ClN4O2/c1-9(2)21-12-6-4-3-5-10(12)7-16-18-11-8-17-19-14(20)13(11)15/h3-9H,1-2H3,(H2,18,19,20)/b16-7+. The molecule has 0 aliphatic heterocycles. The second-order valence-corrected chi connectivity index (χ2v) is 4.88. The molecule has 0 aliphatic rings. The van der Waals surface area contributed by atoms with Crippen molar-refractivity contribution >= 4 is 23.5 Å². The Morgan fingerprint density at radius 1 is 1.43 bits per heavy atom. The fourth-order valence-electron chi connectivity index (χ4n) is 1.58. The van der Waals surface area contributed by atoms with Crippen LogP contribution in [0.1, 0.15) is 19.4 Å². The highest BCUT2D eigenvalue weighted by Crippen LogP contribution is 2.18. The molecule has 0 spiro atoms. The summed E-state index contributed by atoms with van der Waals surface area (Å²) in [5, 5.41) is 9.93. The Labute approximate surface area is 126 Å². The second kappa shape index (κ2) is 6.90. The maximum Gasteiger partial charge on any atom is 0.285 e. The van der Waals surface area contributed by atoms with Gasteiger partial charge in [0.05, 0.1) is 18.5 Å². The largest absolute Gasteiger partial charge is 0.490 e. The summed E-state index contributed by atoms with van der Waals surface area (Å²) in [5.74, 6) is 0.730. The van der Waals surface area contributed by atoms with Crippen LogP contribution in [-0.2, 0) is 0 Å². The smallest absolute Gasteiger partial charge is 0.285 e. The minimum atomic E-state index is -0.472. The molecule has 6 nitrogen and oxygen atoms in total. The quantitative estimate of drug-likeness (QED) is 0.657. The highest BCUT2D eigenvalue weighted by atomic mass is 35.5. The number of hydrazone groups is 1. The number of para-hydroxylation sites is 1. The Bertz CT molecular complexity index is 697. The SMILES string of the molecule is CC(C)Oc1ccccc1/C=N/Nc1cn[nH]c(=O)c1Cl. The molecule has 110 valence electrons. The molecule has 0 aliphatic carbocycles. The van der Waals surface area contributed by atoms with Gasteiger partial charge in [0.15, 0.2) is 0 Å². The van der Waals surface area contributed by atoms with Crippen LogP contribution in [0.2, 0.25) is 5.02 Å². The summed E-state index contributed by atoms with van der Waals surface area (Å²) in [4.78, 5) is 11.3. The summed E-state index contributed by atoms with van der Waals surface area (Å²) in [6.45, 7) is 3.90. The van der Waals surface area contributed by atoms with Crippen LogP contribution >= 0.6 is 11.6 Å². The Balaban J connectivity index is 2.15. The van der Waals surface area contributed by atoms with Crippen LogP contribution in [0, 0.1) is 0 Å². The van der Waals surface area contributed by atoms with E-state index < -0.39 is 5.56 Å². The monoisotopic (exact) mass is 306 g/mol. The molecule has 2 N–H and O–H groups in total. The van der Waals surface area contributed by atoms with Crippen LogP contribution in [0.5, 0.6) is 5.75 Å². The van der Waals surface area contributed by atoms with E-state index in [1.807, 2.05) is 38.1 Å². The molecule has 0 saturated heterocycles. The van der Waals surface area contributed by atoms with Crippen molar-refractivity contribution in [3.63, 3.8) is 0 Å². The van der Waals surface area contributed by atoms with Gasteiger partial charge in [-0.05, 0) is 26.0 Å². The van der Waals surface area contributed by atoms with Gasteiger partial charge in [-0.25, -0.2) is 5.10 Å². The summed E-state index contributed by atoms with van der Waals surface area (Å²) >= 11 is 5.83. The zero-order chi connectivity index (χ0) is 15.2. The van der Waals surface area contributed by atoms with E-state index in [9.17, 15) is 4.79 Å². The number of hydrogen-bond donors (Lipinski definition) is 2. The molecule has 21 heavy (non-hydrogen) atoms. The molecule has 0 fully saturated rings. The Morgan fingerprint density at radius 2 is 2.19 bits per heavy atom. The molecule has 0 radical (unpaired) electrons. The molecular weight excluding hydrogens is 292 g/mol. The number of H-pyrrole nitrogens is 1. The second-order valence-electron chi connectivity index (χ2n) is 4.50. The first-order chi connectivity index (χ1) is 10.1. The highest BCUT2D eigenvalue weighted by Gasteiger charge is 2.04. The van der Waals surface area contributed by atoms with E-state index in [1.54, 1.807) is 6.21 Å². The summed E-state index contributed by atoms with van der Waals surface area (Å²) in [5.41, 5.74) is 3.36. The lowest BCUT2D eigenvalue weighted by atomic mass is 10.2. The van der Waals surface area contributed by atoms with Crippen molar-refractivity contribution in [2.24, 2.45) is 5.10 Å². The van der Waals surface area contributed by atoms with Gasteiger partial charge in [0.25, 0.3) is 5.56 Å². The van der Waals surface area contributed by atoms with E-state index >= 15 is 0 Å². The molecule has 0 amide bonds. The molecule has 0 saturated carbocycles. The number of aromatic amines is 1. The molecule has 7 heteroatoms. The third kappa shape index (κ3) is 4.06. The number of ether oxygens (including phenoxy) is 1. The fraction of sp³-hybridized carbons (Fsp3) is 0.214. The van der Waals surface area contributed by atoms with E-state index in [1.165, 1.54) is 6.20 Å². The zero-order valence-electron chi connectivity index (χ0n) is 11.6. The minimum Gasteiger partial charge on any atom is -0.490 e. The van der Waals surface area contributed by atoms with Crippen molar-refractivity contribution in [2.45, 2.75) is 20.0 Å². The molecule has 1 aromatic heterocycles. The average Bonchev–Trinajstić information content (AvgIpc) is 2.45. The minimum absolute atomic E-state index is 0.00821. The summed E-state index contributed by atoms with van der Waals surface area (Å²) < 4.78 is 5.68. The maximum absolute atomic E-state index is 11.3. The van der Waals surface area contributed by atoms with Crippen LogP contribution in [0.3, 0.4) is 0 Å². The van der Waals surface area contributed by atoms with Crippen molar-refractivity contribution in [3.05, 3.63) is 51.4 Å². The van der Waals surface area contributed by atoms with Gasteiger partial charge in [0.1, 0.15) is 16.5 Å². The van der Waals surface area contributed by atoms with Crippen molar-refractivity contribution in [2.75, 3.05) is 5.43 Å². The van der Waals surface area contributed by atoms with E-state index in [2.05, 4.69) is 20.7 Å². The van der Waals surface area contributed by atoms with Crippen molar-refractivity contribution in [1.29, 1.82) is 0 Å². The Hall–Kier alpha value is -2.34. The van der Waals surface area contributed by atoms with Crippen LogP contribution < -0.4 is 15.7 Å². The molecular formula is C14H15ClN4O2. The summed E-state index contributed by atoms with van der Waals surface area (Å²) in [6, 6.07) is 7.51. The van der Waals surface area contributed by atoms with Gasteiger partial charge >= 0.3 is 0 Å². The topological polar surface area (TPSA) is 79.4 Å². The van der Waals surface area contributed by atoms with Gasteiger partial charge in [0, 0.05) is 5.56 Å². The van der Waals surface area contributed by atoms with Crippen LogP contribution in [0.15, 0.2) is 40.4 Å². The first kappa shape index (κ1) is 15.1. The molecule has 1 aromatic carbocycles. The number of nitrogens with zero attached hydrogens (tertiary/aromatic N) is 2. The van der Waals surface area contributed by atoms with Crippen LogP contribution in [0.4, 0.5) is 5.69 Å². The number of anilines is 1. The number of aromatic nitrogens is 2.